The molecule has 1 amide bonds. The van der Waals surface area contributed by atoms with Gasteiger partial charge in [0.1, 0.15) is 11.6 Å². The molecule has 0 heterocycles. The molecule has 0 aliphatic carbocycles. The Morgan fingerprint density at radius 1 is 1.43 bits per heavy atom. The molecule has 4 nitrogen and oxygen atoms in total. The Morgan fingerprint density at radius 3 is 2.71 bits per heavy atom. The first-order valence-electron chi connectivity index (χ1n) is 3.75. The Hall–Kier alpha value is -1.69. The summed E-state index contributed by atoms with van der Waals surface area (Å²) >= 11 is 0. The first kappa shape index (κ1) is 10.4. The number of rotatable bonds is 3. The monoisotopic (exact) mass is 202 g/mol. The van der Waals surface area contributed by atoms with E-state index in [2.05, 4.69) is 5.32 Å². The van der Waals surface area contributed by atoms with Gasteiger partial charge in [-0.2, -0.15) is 0 Å². The van der Waals surface area contributed by atoms with E-state index < -0.39 is 17.5 Å². The molecule has 0 radical (unpaired) electrons. The highest BCUT2D eigenvalue weighted by atomic mass is 19.1. The van der Waals surface area contributed by atoms with E-state index in [1.807, 2.05) is 0 Å². The maximum absolute atomic E-state index is 12.9. The van der Waals surface area contributed by atoms with Crippen molar-refractivity contribution in [3.05, 3.63) is 29.8 Å². The van der Waals surface area contributed by atoms with Crippen LogP contribution in [0.5, 0.6) is 0 Å². The minimum Gasteiger partial charge on any atom is -0.374 e. The van der Waals surface area contributed by atoms with Crippen molar-refractivity contribution in [3.8, 4) is 0 Å². The minimum absolute atomic E-state index is 0.00463. The van der Waals surface area contributed by atoms with Gasteiger partial charge in [-0.1, -0.05) is 0 Å². The van der Waals surface area contributed by atoms with Gasteiger partial charge in [0.15, 0.2) is 0 Å². The summed E-state index contributed by atoms with van der Waals surface area (Å²) in [6.45, 7) is -0.293. The van der Waals surface area contributed by atoms with Gasteiger partial charge in [0.05, 0.1) is 12.2 Å². The molecule has 14 heavy (non-hydrogen) atoms. The van der Waals surface area contributed by atoms with E-state index in [1.165, 1.54) is 5.48 Å². The average Bonchev–Trinajstić information content (AvgIpc) is 2.16. The van der Waals surface area contributed by atoms with Crippen LogP contribution < -0.4 is 10.8 Å². The molecule has 76 valence electrons. The van der Waals surface area contributed by atoms with E-state index in [0.717, 1.165) is 12.1 Å². The first-order chi connectivity index (χ1) is 6.63. The highest BCUT2D eigenvalue weighted by molar-refractivity contribution is 5.79. The summed E-state index contributed by atoms with van der Waals surface area (Å²) in [6, 6.07) is 2.91. The Bertz CT molecular complexity index is 344. The molecule has 0 unspecified atom stereocenters. The van der Waals surface area contributed by atoms with Crippen LogP contribution in [0, 0.1) is 11.6 Å². The van der Waals surface area contributed by atoms with Gasteiger partial charge < -0.3 is 5.32 Å². The summed E-state index contributed by atoms with van der Waals surface area (Å²) < 4.78 is 25.3. The molecule has 0 saturated heterocycles. The zero-order chi connectivity index (χ0) is 10.6. The fraction of sp³-hybridized carbons (Fsp3) is 0.125. The topological polar surface area (TPSA) is 61.4 Å². The Balaban J connectivity index is 2.63. The molecule has 6 heteroatoms. The molecular weight excluding hydrogens is 194 g/mol. The first-order valence-corrected chi connectivity index (χ1v) is 3.75. The van der Waals surface area contributed by atoms with Crippen LogP contribution >= 0.6 is 0 Å². The Kier molecular flexibility index (Phi) is 3.35. The van der Waals surface area contributed by atoms with Gasteiger partial charge in [-0.05, 0) is 12.1 Å². The van der Waals surface area contributed by atoms with Crippen molar-refractivity contribution >= 4 is 11.6 Å². The average molecular weight is 202 g/mol. The Morgan fingerprint density at radius 2 is 2.14 bits per heavy atom. The van der Waals surface area contributed by atoms with Crippen LogP contribution in [0.4, 0.5) is 14.5 Å². The van der Waals surface area contributed by atoms with E-state index in [9.17, 15) is 13.6 Å². The van der Waals surface area contributed by atoms with Crippen LogP contribution in [0.3, 0.4) is 0 Å². The number of benzene rings is 1. The zero-order valence-electron chi connectivity index (χ0n) is 7.05. The summed E-state index contributed by atoms with van der Waals surface area (Å²) in [5, 5.41) is 10.5. The molecular formula is C8H8F2N2O2. The van der Waals surface area contributed by atoms with E-state index in [-0.39, 0.29) is 12.2 Å². The van der Waals surface area contributed by atoms with Gasteiger partial charge in [0.25, 0.3) is 5.91 Å². The zero-order valence-corrected chi connectivity index (χ0v) is 7.05. The third-order valence-corrected chi connectivity index (χ3v) is 1.50. The fourth-order valence-electron chi connectivity index (χ4n) is 0.848. The van der Waals surface area contributed by atoms with Gasteiger partial charge in [0, 0.05) is 6.07 Å². The van der Waals surface area contributed by atoms with Gasteiger partial charge in [-0.25, -0.2) is 14.3 Å². The molecule has 0 atom stereocenters. The number of hydrogen-bond donors (Lipinski definition) is 3. The van der Waals surface area contributed by atoms with Crippen LogP contribution in [-0.4, -0.2) is 17.7 Å². The third-order valence-electron chi connectivity index (χ3n) is 1.50. The lowest BCUT2D eigenvalue weighted by molar-refractivity contribution is -0.127. The molecule has 1 aromatic rings. The van der Waals surface area contributed by atoms with Gasteiger partial charge in [-0.3, -0.25) is 10.0 Å². The summed E-state index contributed by atoms with van der Waals surface area (Å²) in [5.41, 5.74) is 1.36. The van der Waals surface area contributed by atoms with E-state index in [0.29, 0.717) is 6.07 Å². The van der Waals surface area contributed by atoms with Crippen molar-refractivity contribution in [2.75, 3.05) is 11.9 Å². The lowest BCUT2D eigenvalue weighted by Crippen LogP contribution is -2.26. The standard InChI is InChI=1S/C8H8F2N2O2/c9-5-1-2-7(6(10)3-5)11-4-8(13)12-14/h1-3,11,14H,4H2,(H,12,13). The number of hydrogen-bond acceptors (Lipinski definition) is 3. The van der Waals surface area contributed by atoms with Crippen molar-refractivity contribution in [3.63, 3.8) is 0 Å². The van der Waals surface area contributed by atoms with Crippen molar-refractivity contribution in [2.45, 2.75) is 0 Å². The highest BCUT2D eigenvalue weighted by Gasteiger charge is 2.04. The van der Waals surface area contributed by atoms with Crippen molar-refractivity contribution in [1.29, 1.82) is 0 Å². The van der Waals surface area contributed by atoms with Crippen LogP contribution in [0.2, 0.25) is 0 Å². The molecule has 0 aliphatic heterocycles. The van der Waals surface area contributed by atoms with Crippen LogP contribution in [0.25, 0.3) is 0 Å². The molecule has 1 rings (SSSR count). The molecule has 0 aliphatic rings. The minimum atomic E-state index is -0.796. The molecule has 0 saturated carbocycles. The second-order valence-corrected chi connectivity index (χ2v) is 2.51. The summed E-state index contributed by atoms with van der Waals surface area (Å²) in [4.78, 5) is 10.5. The molecule has 0 bridgehead atoms. The summed E-state index contributed by atoms with van der Waals surface area (Å²) in [7, 11) is 0. The quantitative estimate of drug-likeness (QED) is 0.503. The van der Waals surface area contributed by atoms with Crippen molar-refractivity contribution < 1.29 is 18.8 Å². The maximum Gasteiger partial charge on any atom is 0.262 e. The Labute approximate surface area is 78.5 Å². The molecule has 0 aromatic heterocycles. The van der Waals surface area contributed by atoms with Gasteiger partial charge in [0.2, 0.25) is 0 Å². The lowest BCUT2D eigenvalue weighted by Gasteiger charge is -2.05. The number of halogens is 2. The van der Waals surface area contributed by atoms with E-state index >= 15 is 0 Å². The van der Waals surface area contributed by atoms with Crippen LogP contribution in [-0.2, 0) is 4.79 Å². The molecule has 0 fully saturated rings. The molecule has 0 spiro atoms. The van der Waals surface area contributed by atoms with Crippen molar-refractivity contribution in [1.82, 2.24) is 5.48 Å². The lowest BCUT2D eigenvalue weighted by atomic mass is 10.3. The largest absolute Gasteiger partial charge is 0.374 e. The number of nitrogens with one attached hydrogen (secondary N) is 2. The van der Waals surface area contributed by atoms with Crippen LogP contribution in [0.1, 0.15) is 0 Å². The van der Waals surface area contributed by atoms with Crippen LogP contribution in [0.15, 0.2) is 18.2 Å². The normalized spacial score (nSPS) is 9.64. The molecule has 3 N–H and O–H groups in total. The number of hydroxylamine groups is 1. The van der Waals surface area contributed by atoms with Crippen molar-refractivity contribution in [2.24, 2.45) is 0 Å². The second-order valence-electron chi connectivity index (χ2n) is 2.51. The maximum atomic E-state index is 12.9. The second kappa shape index (κ2) is 4.52. The predicted molar refractivity (Wildman–Crippen MR) is 44.8 cm³/mol. The SMILES string of the molecule is O=C(CNc1ccc(F)cc1F)NO. The van der Waals surface area contributed by atoms with E-state index in [4.69, 9.17) is 5.21 Å². The summed E-state index contributed by atoms with van der Waals surface area (Å²) in [6.07, 6.45) is 0. The number of anilines is 1. The number of amides is 1. The van der Waals surface area contributed by atoms with Gasteiger partial charge >= 0.3 is 0 Å². The molecule has 1 aromatic carbocycles. The number of carbonyl (C=O) groups excluding carboxylic acids is 1. The highest BCUT2D eigenvalue weighted by Crippen LogP contribution is 2.14. The smallest absolute Gasteiger partial charge is 0.262 e. The van der Waals surface area contributed by atoms with E-state index in [1.54, 1.807) is 0 Å². The van der Waals surface area contributed by atoms with Gasteiger partial charge in [-0.15, -0.1) is 0 Å². The predicted octanol–water partition coefficient (Wildman–Crippen LogP) is 0.882. The fourth-order valence-corrected chi connectivity index (χ4v) is 0.848. The third kappa shape index (κ3) is 2.67. The summed E-state index contributed by atoms with van der Waals surface area (Å²) in [5.74, 6) is -2.20. The number of carbonyl (C=O) groups is 1.